The lowest BCUT2D eigenvalue weighted by atomic mass is 9.72. The third kappa shape index (κ3) is 3.85. The Bertz CT molecular complexity index is 812. The lowest BCUT2D eigenvalue weighted by Gasteiger charge is -2.33. The molecule has 1 heterocycles. The van der Waals surface area contributed by atoms with E-state index in [9.17, 15) is 10.1 Å². The fourth-order valence-electron chi connectivity index (χ4n) is 3.32. The van der Waals surface area contributed by atoms with Crippen LogP contribution >= 0.6 is 11.3 Å². The van der Waals surface area contributed by atoms with Gasteiger partial charge in [0.1, 0.15) is 11.1 Å². The summed E-state index contributed by atoms with van der Waals surface area (Å²) in [5, 5.41) is 15.9. The number of carbonyl (C=O) groups is 1. The van der Waals surface area contributed by atoms with Gasteiger partial charge in [0, 0.05) is 10.6 Å². The zero-order valence-electron chi connectivity index (χ0n) is 14.8. The number of hydrogen-bond acceptors (Lipinski definition) is 3. The Labute approximate surface area is 152 Å². The van der Waals surface area contributed by atoms with Crippen LogP contribution in [0.4, 0.5) is 15.5 Å². The van der Waals surface area contributed by atoms with Crippen LogP contribution in [0.2, 0.25) is 0 Å². The van der Waals surface area contributed by atoms with Crippen molar-refractivity contribution in [1.82, 2.24) is 0 Å². The lowest BCUT2D eigenvalue weighted by molar-refractivity contribution is 0.218. The predicted molar refractivity (Wildman–Crippen MR) is 103 cm³/mol. The zero-order valence-corrected chi connectivity index (χ0v) is 15.7. The van der Waals surface area contributed by atoms with Crippen molar-refractivity contribution in [2.45, 2.75) is 40.0 Å². The van der Waals surface area contributed by atoms with E-state index in [1.54, 1.807) is 11.3 Å². The second-order valence-electron chi connectivity index (χ2n) is 7.57. The number of anilines is 2. The number of amides is 2. The standard InChI is InChI=1S/C20H23N3OS/c1-20(2,3)13-9-10-15-16(12-21)18(25-17(15)11-13)23-19(24)22-14-7-5-4-6-8-14/h4-8,13H,9-11H2,1-3H3,(H2,22,23,24). The Hall–Kier alpha value is -2.32. The number of rotatable bonds is 2. The van der Waals surface area contributed by atoms with E-state index in [0.29, 0.717) is 16.5 Å². The van der Waals surface area contributed by atoms with E-state index in [4.69, 9.17) is 0 Å². The largest absolute Gasteiger partial charge is 0.324 e. The first-order chi connectivity index (χ1) is 11.9. The molecule has 0 fully saturated rings. The van der Waals surface area contributed by atoms with Crippen molar-refractivity contribution < 1.29 is 4.79 Å². The second kappa shape index (κ2) is 6.89. The van der Waals surface area contributed by atoms with E-state index in [1.165, 1.54) is 4.88 Å². The van der Waals surface area contributed by atoms with Gasteiger partial charge in [0.05, 0.1) is 5.56 Å². The maximum Gasteiger partial charge on any atom is 0.324 e. The van der Waals surface area contributed by atoms with E-state index in [-0.39, 0.29) is 11.4 Å². The first-order valence-corrected chi connectivity index (χ1v) is 9.38. The van der Waals surface area contributed by atoms with Crippen molar-refractivity contribution in [3.05, 3.63) is 46.3 Å². The third-order valence-electron chi connectivity index (χ3n) is 4.86. The van der Waals surface area contributed by atoms with Gasteiger partial charge in [0.25, 0.3) is 0 Å². The summed E-state index contributed by atoms with van der Waals surface area (Å²) in [6, 6.07) is 11.3. The first-order valence-electron chi connectivity index (χ1n) is 8.56. The molecule has 0 saturated heterocycles. The number of urea groups is 1. The van der Waals surface area contributed by atoms with Crippen LogP contribution in [0.15, 0.2) is 30.3 Å². The van der Waals surface area contributed by atoms with Gasteiger partial charge in [-0.3, -0.25) is 5.32 Å². The van der Waals surface area contributed by atoms with Gasteiger partial charge >= 0.3 is 6.03 Å². The molecule has 0 aliphatic heterocycles. The number of nitriles is 1. The molecule has 2 aromatic rings. The van der Waals surface area contributed by atoms with Crippen molar-refractivity contribution in [2.75, 3.05) is 10.6 Å². The monoisotopic (exact) mass is 353 g/mol. The highest BCUT2D eigenvalue weighted by molar-refractivity contribution is 7.16. The molecular weight excluding hydrogens is 330 g/mol. The lowest BCUT2D eigenvalue weighted by Crippen LogP contribution is -2.26. The molecule has 0 spiro atoms. The van der Waals surface area contributed by atoms with Crippen molar-refractivity contribution in [3.8, 4) is 6.07 Å². The number of thiophene rings is 1. The number of para-hydroxylation sites is 1. The van der Waals surface area contributed by atoms with Crippen LogP contribution in [-0.2, 0) is 12.8 Å². The molecule has 25 heavy (non-hydrogen) atoms. The Morgan fingerprint density at radius 1 is 1.24 bits per heavy atom. The summed E-state index contributed by atoms with van der Waals surface area (Å²) < 4.78 is 0. The Morgan fingerprint density at radius 3 is 2.60 bits per heavy atom. The van der Waals surface area contributed by atoms with E-state index in [2.05, 4.69) is 37.5 Å². The van der Waals surface area contributed by atoms with Crippen LogP contribution in [0.5, 0.6) is 0 Å². The highest BCUT2D eigenvalue weighted by Gasteiger charge is 2.32. The molecule has 1 atom stereocenters. The fraction of sp³-hybridized carbons (Fsp3) is 0.400. The maximum atomic E-state index is 12.3. The Balaban J connectivity index is 1.78. The number of nitrogens with zero attached hydrogens (tertiary/aromatic N) is 1. The van der Waals surface area contributed by atoms with Gasteiger partial charge in [-0.1, -0.05) is 39.0 Å². The van der Waals surface area contributed by atoms with Gasteiger partial charge in [-0.15, -0.1) is 11.3 Å². The minimum atomic E-state index is -0.311. The molecule has 0 saturated carbocycles. The number of benzene rings is 1. The molecule has 0 radical (unpaired) electrons. The molecule has 130 valence electrons. The van der Waals surface area contributed by atoms with E-state index < -0.39 is 0 Å². The highest BCUT2D eigenvalue weighted by Crippen LogP contribution is 2.43. The molecule has 1 aromatic heterocycles. The zero-order chi connectivity index (χ0) is 18.0. The molecule has 1 aromatic carbocycles. The van der Waals surface area contributed by atoms with Crippen molar-refractivity contribution in [2.24, 2.45) is 11.3 Å². The van der Waals surface area contributed by atoms with Gasteiger partial charge < -0.3 is 5.32 Å². The van der Waals surface area contributed by atoms with Crippen LogP contribution < -0.4 is 10.6 Å². The van der Waals surface area contributed by atoms with Crippen LogP contribution in [0, 0.1) is 22.7 Å². The van der Waals surface area contributed by atoms with E-state index in [0.717, 1.165) is 30.5 Å². The topological polar surface area (TPSA) is 64.9 Å². The van der Waals surface area contributed by atoms with Gasteiger partial charge in [-0.25, -0.2) is 4.79 Å². The second-order valence-corrected chi connectivity index (χ2v) is 8.68. The molecule has 2 N–H and O–H groups in total. The van der Waals surface area contributed by atoms with E-state index in [1.807, 2.05) is 30.3 Å². The fourth-order valence-corrected chi connectivity index (χ4v) is 4.59. The highest BCUT2D eigenvalue weighted by atomic mass is 32.1. The van der Waals surface area contributed by atoms with Gasteiger partial charge in [-0.05, 0) is 48.3 Å². The predicted octanol–water partition coefficient (Wildman–Crippen LogP) is 5.41. The number of nitrogens with one attached hydrogen (secondary N) is 2. The SMILES string of the molecule is CC(C)(C)C1CCc2c(sc(NC(=O)Nc3ccccc3)c2C#N)C1. The van der Waals surface area contributed by atoms with Crippen molar-refractivity contribution in [1.29, 1.82) is 5.26 Å². The molecule has 4 nitrogen and oxygen atoms in total. The van der Waals surface area contributed by atoms with Crippen LogP contribution in [0.25, 0.3) is 0 Å². The van der Waals surface area contributed by atoms with Gasteiger partial charge in [0.2, 0.25) is 0 Å². The quantitative estimate of drug-likeness (QED) is 0.757. The number of hydrogen-bond donors (Lipinski definition) is 2. The van der Waals surface area contributed by atoms with Crippen LogP contribution in [0.1, 0.15) is 43.2 Å². The molecule has 2 amide bonds. The summed E-state index contributed by atoms with van der Waals surface area (Å²) in [6.45, 7) is 6.82. The Kier molecular flexibility index (Phi) is 4.82. The third-order valence-corrected chi connectivity index (χ3v) is 6.03. The molecule has 1 aliphatic carbocycles. The maximum absolute atomic E-state index is 12.3. The molecule has 1 aliphatic rings. The average Bonchev–Trinajstić information content (AvgIpc) is 2.90. The van der Waals surface area contributed by atoms with Gasteiger partial charge in [-0.2, -0.15) is 5.26 Å². The number of fused-ring (bicyclic) bond motifs is 1. The van der Waals surface area contributed by atoms with Crippen molar-refractivity contribution in [3.63, 3.8) is 0 Å². The molecular formula is C20H23N3OS. The number of carbonyl (C=O) groups excluding carboxylic acids is 1. The molecule has 1 unspecified atom stereocenters. The summed E-state index contributed by atoms with van der Waals surface area (Å²) >= 11 is 1.55. The first kappa shape index (κ1) is 17.5. The Morgan fingerprint density at radius 2 is 1.96 bits per heavy atom. The summed E-state index contributed by atoms with van der Waals surface area (Å²) in [7, 11) is 0. The van der Waals surface area contributed by atoms with Crippen molar-refractivity contribution >= 4 is 28.1 Å². The van der Waals surface area contributed by atoms with Gasteiger partial charge in [0.15, 0.2) is 0 Å². The summed E-state index contributed by atoms with van der Waals surface area (Å²) in [5.74, 6) is 0.608. The molecule has 5 heteroatoms. The molecule has 0 bridgehead atoms. The van der Waals surface area contributed by atoms with Crippen LogP contribution in [-0.4, -0.2) is 6.03 Å². The van der Waals surface area contributed by atoms with Crippen LogP contribution in [0.3, 0.4) is 0 Å². The summed E-state index contributed by atoms with van der Waals surface area (Å²) in [6.07, 6.45) is 3.00. The minimum Gasteiger partial charge on any atom is -0.308 e. The van der Waals surface area contributed by atoms with E-state index >= 15 is 0 Å². The average molecular weight is 353 g/mol. The summed E-state index contributed by atoms with van der Waals surface area (Å²) in [5.41, 5.74) is 2.75. The summed E-state index contributed by atoms with van der Waals surface area (Å²) in [4.78, 5) is 13.5. The smallest absolute Gasteiger partial charge is 0.308 e. The molecule has 3 rings (SSSR count). The minimum absolute atomic E-state index is 0.257. The normalized spacial score (nSPS) is 16.6.